The zero-order chi connectivity index (χ0) is 18.8. The van der Waals surface area contributed by atoms with E-state index in [0.717, 1.165) is 67.3 Å². The van der Waals surface area contributed by atoms with Crippen molar-refractivity contribution in [3.05, 3.63) is 41.9 Å². The molecule has 4 rings (SSSR count). The number of urea groups is 1. The molecule has 0 atom stereocenters. The number of hydrogen-bond donors (Lipinski definition) is 1. The maximum Gasteiger partial charge on any atom is 0.322 e. The van der Waals surface area contributed by atoms with E-state index in [1.54, 1.807) is 13.4 Å². The topological polar surface area (TPSA) is 70.6 Å². The number of anilines is 2. The van der Waals surface area contributed by atoms with Gasteiger partial charge in [-0.25, -0.2) is 14.8 Å². The number of methoxy groups -OCH3 is 1. The first-order valence-corrected chi connectivity index (χ1v) is 9.42. The van der Waals surface area contributed by atoms with Crippen molar-refractivity contribution >= 4 is 17.5 Å². The highest BCUT2D eigenvalue weighted by Crippen LogP contribution is 2.28. The highest BCUT2D eigenvalue weighted by Gasteiger charge is 2.30. The Morgan fingerprint density at radius 1 is 1.22 bits per heavy atom. The number of hydrogen-bond acceptors (Lipinski definition) is 5. The first-order valence-electron chi connectivity index (χ1n) is 9.42. The van der Waals surface area contributed by atoms with Gasteiger partial charge >= 0.3 is 6.03 Å². The fourth-order valence-corrected chi connectivity index (χ4v) is 4.02. The molecule has 27 heavy (non-hydrogen) atoms. The van der Waals surface area contributed by atoms with Crippen LogP contribution in [0.1, 0.15) is 24.0 Å². The molecule has 0 bridgehead atoms. The molecule has 0 saturated carbocycles. The van der Waals surface area contributed by atoms with E-state index in [-0.39, 0.29) is 12.1 Å². The van der Waals surface area contributed by atoms with E-state index in [9.17, 15) is 4.79 Å². The second-order valence-corrected chi connectivity index (χ2v) is 7.14. The molecule has 2 aromatic rings. The molecule has 0 spiro atoms. The summed E-state index contributed by atoms with van der Waals surface area (Å²) in [5, 5.41) is 3.07. The zero-order valence-electron chi connectivity index (χ0n) is 15.8. The molecule has 2 aliphatic heterocycles. The lowest BCUT2D eigenvalue weighted by Crippen LogP contribution is -2.49. The van der Waals surface area contributed by atoms with E-state index in [1.807, 2.05) is 36.2 Å². The molecular formula is C20H25N5O2. The van der Waals surface area contributed by atoms with Crippen LogP contribution in [-0.2, 0) is 6.42 Å². The maximum absolute atomic E-state index is 12.8. The van der Waals surface area contributed by atoms with Crippen LogP contribution in [0.3, 0.4) is 0 Å². The average molecular weight is 367 g/mol. The summed E-state index contributed by atoms with van der Waals surface area (Å²) in [4.78, 5) is 25.6. The Morgan fingerprint density at radius 3 is 2.78 bits per heavy atom. The summed E-state index contributed by atoms with van der Waals surface area (Å²) >= 11 is 0. The molecule has 1 aromatic heterocycles. The fraction of sp³-hybridized carbons (Fsp3) is 0.450. The summed E-state index contributed by atoms with van der Waals surface area (Å²) in [5.74, 6) is 1.83. The number of carbonyl (C=O) groups excluding carboxylic acids is 1. The number of nitrogens with zero attached hydrogens (tertiary/aromatic N) is 4. The molecule has 7 nitrogen and oxygen atoms in total. The van der Waals surface area contributed by atoms with Gasteiger partial charge in [-0.05, 0) is 49.9 Å². The first-order chi connectivity index (χ1) is 13.2. The van der Waals surface area contributed by atoms with Gasteiger partial charge in [0.1, 0.15) is 17.9 Å². The Balaban J connectivity index is 1.43. The van der Waals surface area contributed by atoms with E-state index in [0.29, 0.717) is 0 Å². The average Bonchev–Trinajstić information content (AvgIpc) is 2.86. The van der Waals surface area contributed by atoms with E-state index in [2.05, 4.69) is 20.2 Å². The quantitative estimate of drug-likeness (QED) is 0.903. The standard InChI is InChI=1S/C20H25N5O2/c1-14-12-21-13-22-19(14)24-8-6-16(7-9-24)25-10-5-15-11-17(27-2)3-4-18(15)23-20(25)26/h3-4,11-13,16H,5-10H2,1-2H3,(H,23,26). The Kier molecular flexibility index (Phi) is 4.83. The molecule has 1 saturated heterocycles. The molecule has 3 heterocycles. The highest BCUT2D eigenvalue weighted by molar-refractivity contribution is 5.91. The van der Waals surface area contributed by atoms with Crippen molar-refractivity contribution in [3.63, 3.8) is 0 Å². The zero-order valence-corrected chi connectivity index (χ0v) is 15.8. The van der Waals surface area contributed by atoms with Gasteiger partial charge in [0.15, 0.2) is 0 Å². The van der Waals surface area contributed by atoms with Crippen molar-refractivity contribution in [2.75, 3.05) is 37.0 Å². The second kappa shape index (κ2) is 7.42. The van der Waals surface area contributed by atoms with Gasteiger partial charge in [-0.1, -0.05) is 0 Å². The maximum atomic E-state index is 12.8. The molecule has 1 N–H and O–H groups in total. The second-order valence-electron chi connectivity index (χ2n) is 7.14. The number of amides is 2. The number of fused-ring (bicyclic) bond motifs is 1. The largest absolute Gasteiger partial charge is 0.497 e. The number of aromatic nitrogens is 2. The Bertz CT molecular complexity index is 833. The first kappa shape index (κ1) is 17.6. The smallest absolute Gasteiger partial charge is 0.322 e. The molecule has 7 heteroatoms. The van der Waals surface area contributed by atoms with Crippen molar-refractivity contribution in [2.45, 2.75) is 32.2 Å². The van der Waals surface area contributed by atoms with Crippen LogP contribution in [0.25, 0.3) is 0 Å². The van der Waals surface area contributed by atoms with Gasteiger partial charge in [0, 0.05) is 43.1 Å². The normalized spacial score (nSPS) is 17.9. The van der Waals surface area contributed by atoms with Gasteiger partial charge < -0.3 is 19.9 Å². The molecule has 0 unspecified atom stereocenters. The number of carbonyl (C=O) groups is 1. The lowest BCUT2D eigenvalue weighted by Gasteiger charge is -2.38. The highest BCUT2D eigenvalue weighted by atomic mass is 16.5. The van der Waals surface area contributed by atoms with E-state index >= 15 is 0 Å². The van der Waals surface area contributed by atoms with Crippen LogP contribution in [0.15, 0.2) is 30.7 Å². The van der Waals surface area contributed by atoms with E-state index < -0.39 is 0 Å². The van der Waals surface area contributed by atoms with Crippen molar-refractivity contribution in [3.8, 4) is 5.75 Å². The Morgan fingerprint density at radius 2 is 2.04 bits per heavy atom. The van der Waals surface area contributed by atoms with Gasteiger partial charge in [0.25, 0.3) is 0 Å². The lowest BCUT2D eigenvalue weighted by molar-refractivity contribution is 0.177. The monoisotopic (exact) mass is 367 g/mol. The third-order valence-corrected chi connectivity index (χ3v) is 5.51. The molecule has 0 radical (unpaired) electrons. The summed E-state index contributed by atoms with van der Waals surface area (Å²) in [6, 6.07) is 6.07. The molecular weight excluding hydrogens is 342 g/mol. The molecule has 2 amide bonds. The van der Waals surface area contributed by atoms with Gasteiger partial charge in [-0.2, -0.15) is 0 Å². The lowest BCUT2D eigenvalue weighted by atomic mass is 10.0. The van der Waals surface area contributed by atoms with Gasteiger partial charge in [-0.3, -0.25) is 0 Å². The number of nitrogens with one attached hydrogen (secondary N) is 1. The van der Waals surface area contributed by atoms with Crippen molar-refractivity contribution in [2.24, 2.45) is 0 Å². The SMILES string of the molecule is COc1ccc2c(c1)CCN(C1CCN(c3ncncc3C)CC1)C(=O)N2. The van der Waals surface area contributed by atoms with Crippen LogP contribution in [0.5, 0.6) is 5.75 Å². The van der Waals surface area contributed by atoms with Crippen molar-refractivity contribution in [1.82, 2.24) is 14.9 Å². The number of aryl methyl sites for hydroxylation is 1. The number of rotatable bonds is 3. The van der Waals surface area contributed by atoms with E-state index in [1.165, 1.54) is 0 Å². The number of piperidine rings is 1. The van der Waals surface area contributed by atoms with Gasteiger partial charge in [0.05, 0.1) is 7.11 Å². The molecule has 0 aliphatic carbocycles. The van der Waals surface area contributed by atoms with E-state index in [4.69, 9.17) is 4.74 Å². The summed E-state index contributed by atoms with van der Waals surface area (Å²) in [6.45, 7) is 4.55. The van der Waals surface area contributed by atoms with Crippen LogP contribution in [0, 0.1) is 6.92 Å². The fourth-order valence-electron chi connectivity index (χ4n) is 4.02. The summed E-state index contributed by atoms with van der Waals surface area (Å²) in [6.07, 6.45) is 6.16. The van der Waals surface area contributed by atoms with Gasteiger partial charge in [-0.15, -0.1) is 0 Å². The minimum Gasteiger partial charge on any atom is -0.497 e. The minimum absolute atomic E-state index is 0.00409. The number of ether oxygens (including phenoxy) is 1. The van der Waals surface area contributed by atoms with Crippen LogP contribution in [0.4, 0.5) is 16.3 Å². The third kappa shape index (κ3) is 3.54. The van der Waals surface area contributed by atoms with Crippen LogP contribution in [-0.4, -0.2) is 53.7 Å². The third-order valence-electron chi connectivity index (χ3n) is 5.51. The molecule has 142 valence electrons. The van der Waals surface area contributed by atoms with Gasteiger partial charge in [0.2, 0.25) is 0 Å². The summed E-state index contributed by atoms with van der Waals surface area (Å²) in [7, 11) is 1.66. The van der Waals surface area contributed by atoms with Crippen molar-refractivity contribution in [1.29, 1.82) is 0 Å². The van der Waals surface area contributed by atoms with Crippen LogP contribution in [0.2, 0.25) is 0 Å². The molecule has 1 fully saturated rings. The predicted molar refractivity (Wildman–Crippen MR) is 104 cm³/mol. The minimum atomic E-state index is -0.00409. The number of benzene rings is 1. The summed E-state index contributed by atoms with van der Waals surface area (Å²) in [5.41, 5.74) is 3.10. The van der Waals surface area contributed by atoms with Crippen LogP contribution >= 0.6 is 0 Å². The molecule has 2 aliphatic rings. The molecule has 1 aromatic carbocycles. The Labute approximate surface area is 159 Å². The Hall–Kier alpha value is -2.83. The van der Waals surface area contributed by atoms with Crippen molar-refractivity contribution < 1.29 is 9.53 Å². The predicted octanol–water partition coefficient (Wildman–Crippen LogP) is 2.85. The van der Waals surface area contributed by atoms with Crippen LogP contribution < -0.4 is 15.0 Å². The summed E-state index contributed by atoms with van der Waals surface area (Å²) < 4.78 is 5.31.